The Morgan fingerprint density at radius 2 is 2.12 bits per heavy atom. The minimum absolute atomic E-state index is 0.651. The Labute approximate surface area is 169 Å². The van der Waals surface area contributed by atoms with E-state index >= 15 is 0 Å². The number of aliphatic imine (C=N–C) groups is 1. The molecule has 0 fully saturated rings. The van der Waals surface area contributed by atoms with Gasteiger partial charge in [0.25, 0.3) is 0 Å². The zero-order chi connectivity index (χ0) is 17.8. The Kier molecular flexibility index (Phi) is 6.32. The summed E-state index contributed by atoms with van der Waals surface area (Å²) in [5, 5.41) is 10.4. The van der Waals surface area contributed by atoms with Gasteiger partial charge in [-0.2, -0.15) is 5.26 Å². The Hall–Kier alpha value is -1.16. The molecule has 1 aromatic carbocycles. The highest BCUT2D eigenvalue weighted by Gasteiger charge is 2.20. The fraction of sp³-hybridized carbons (Fsp3) is 0.368. The van der Waals surface area contributed by atoms with Gasteiger partial charge in [0.05, 0.1) is 16.6 Å². The van der Waals surface area contributed by atoms with Crippen LogP contribution in [0.25, 0.3) is 0 Å². The number of nitrogens with zero attached hydrogens (tertiary/aromatic N) is 2. The van der Waals surface area contributed by atoms with Gasteiger partial charge in [-0.1, -0.05) is 22.9 Å². The standard InChI is InChI=1S/C19H18Br2N2OS/c1-2-7-24-18-12(8-13(20)9-16(18)21)11-23-19-15(10-22)14-5-3-4-6-17(14)25-19/h8-9,11H,2-7H2,1H3. The molecule has 3 nitrogen and oxygen atoms in total. The van der Waals surface area contributed by atoms with Crippen LogP contribution in [0.4, 0.5) is 5.00 Å². The van der Waals surface area contributed by atoms with Crippen LogP contribution in [-0.4, -0.2) is 12.8 Å². The number of hydrogen-bond acceptors (Lipinski definition) is 4. The number of aryl methyl sites for hydroxylation is 1. The van der Waals surface area contributed by atoms with Crippen molar-refractivity contribution < 1.29 is 4.74 Å². The first-order valence-electron chi connectivity index (χ1n) is 8.34. The minimum Gasteiger partial charge on any atom is -0.492 e. The summed E-state index contributed by atoms with van der Waals surface area (Å²) in [6.45, 7) is 2.73. The molecule has 0 saturated heterocycles. The van der Waals surface area contributed by atoms with Crippen molar-refractivity contribution in [1.82, 2.24) is 0 Å². The molecule has 0 amide bonds. The van der Waals surface area contributed by atoms with E-state index in [0.29, 0.717) is 6.61 Å². The van der Waals surface area contributed by atoms with Crippen molar-refractivity contribution in [2.45, 2.75) is 39.0 Å². The lowest BCUT2D eigenvalue weighted by atomic mass is 9.96. The van der Waals surface area contributed by atoms with Crippen molar-refractivity contribution in [3.05, 3.63) is 42.6 Å². The number of fused-ring (bicyclic) bond motifs is 1. The van der Waals surface area contributed by atoms with Gasteiger partial charge in [0.15, 0.2) is 0 Å². The molecule has 6 heteroatoms. The summed E-state index contributed by atoms with van der Waals surface area (Å²) in [6, 6.07) is 6.31. The summed E-state index contributed by atoms with van der Waals surface area (Å²) >= 11 is 8.73. The van der Waals surface area contributed by atoms with Crippen LogP contribution in [0.15, 0.2) is 26.1 Å². The first-order valence-corrected chi connectivity index (χ1v) is 10.7. The van der Waals surface area contributed by atoms with Crippen molar-refractivity contribution in [2.75, 3.05) is 6.61 Å². The van der Waals surface area contributed by atoms with E-state index in [2.05, 4.69) is 49.8 Å². The Morgan fingerprint density at radius 1 is 1.32 bits per heavy atom. The van der Waals surface area contributed by atoms with Crippen LogP contribution in [0.5, 0.6) is 5.75 Å². The highest BCUT2D eigenvalue weighted by molar-refractivity contribution is 9.11. The third kappa shape index (κ3) is 4.16. The van der Waals surface area contributed by atoms with Crippen molar-refractivity contribution in [1.29, 1.82) is 5.26 Å². The molecule has 2 aromatic rings. The lowest BCUT2D eigenvalue weighted by molar-refractivity contribution is 0.315. The summed E-state index contributed by atoms with van der Waals surface area (Å²) < 4.78 is 7.72. The number of thiophene rings is 1. The summed E-state index contributed by atoms with van der Waals surface area (Å²) in [5.41, 5.74) is 2.86. The lowest BCUT2D eigenvalue weighted by Gasteiger charge is -2.11. The normalized spacial score (nSPS) is 13.7. The number of hydrogen-bond donors (Lipinski definition) is 0. The predicted octanol–water partition coefficient (Wildman–Crippen LogP) is 6.56. The molecule has 0 unspecified atom stereocenters. The van der Waals surface area contributed by atoms with Crippen LogP contribution in [0.3, 0.4) is 0 Å². The first kappa shape index (κ1) is 18.6. The summed E-state index contributed by atoms with van der Waals surface area (Å²) in [5.74, 6) is 0.786. The predicted molar refractivity (Wildman–Crippen MR) is 111 cm³/mol. The molecule has 0 radical (unpaired) electrons. The van der Waals surface area contributed by atoms with Crippen molar-refractivity contribution in [3.63, 3.8) is 0 Å². The molecular weight excluding hydrogens is 464 g/mol. The molecule has 130 valence electrons. The van der Waals surface area contributed by atoms with E-state index in [1.807, 2.05) is 12.1 Å². The molecular formula is C19H18Br2N2OS. The summed E-state index contributed by atoms with van der Waals surface area (Å²) in [4.78, 5) is 5.98. The SMILES string of the molecule is CCCOc1c(Br)cc(Br)cc1C=Nc1sc2c(c1C#N)CCCC2. The topological polar surface area (TPSA) is 45.4 Å². The van der Waals surface area contributed by atoms with Crippen molar-refractivity contribution in [3.8, 4) is 11.8 Å². The van der Waals surface area contributed by atoms with E-state index in [1.54, 1.807) is 17.6 Å². The number of benzene rings is 1. The van der Waals surface area contributed by atoms with E-state index < -0.39 is 0 Å². The molecule has 0 aliphatic heterocycles. The molecule has 0 saturated carbocycles. The first-order chi connectivity index (χ1) is 12.1. The Bertz CT molecular complexity index is 852. The zero-order valence-electron chi connectivity index (χ0n) is 13.9. The number of nitriles is 1. The summed E-state index contributed by atoms with van der Waals surface area (Å²) in [6.07, 6.45) is 7.17. The quantitative estimate of drug-likeness (QED) is 0.453. The lowest BCUT2D eigenvalue weighted by Crippen LogP contribution is -2.00. The second-order valence-electron chi connectivity index (χ2n) is 5.92. The van der Waals surface area contributed by atoms with Gasteiger partial charge in [-0.25, -0.2) is 4.99 Å². The smallest absolute Gasteiger partial charge is 0.142 e. The molecule has 3 rings (SSSR count). The van der Waals surface area contributed by atoms with Gasteiger partial charge in [-0.15, -0.1) is 11.3 Å². The maximum atomic E-state index is 9.56. The van der Waals surface area contributed by atoms with Crippen LogP contribution in [0.1, 0.15) is 47.8 Å². The van der Waals surface area contributed by atoms with Crippen LogP contribution in [0, 0.1) is 11.3 Å². The van der Waals surface area contributed by atoms with Crippen LogP contribution in [-0.2, 0) is 12.8 Å². The van der Waals surface area contributed by atoms with Crippen molar-refractivity contribution in [2.24, 2.45) is 4.99 Å². The molecule has 0 N–H and O–H groups in total. The van der Waals surface area contributed by atoms with Gasteiger partial charge in [-0.05, 0) is 65.7 Å². The average molecular weight is 482 g/mol. The average Bonchev–Trinajstić information content (AvgIpc) is 2.96. The largest absolute Gasteiger partial charge is 0.492 e. The van der Waals surface area contributed by atoms with Crippen LogP contribution >= 0.6 is 43.2 Å². The minimum atomic E-state index is 0.651. The van der Waals surface area contributed by atoms with Gasteiger partial charge in [0.2, 0.25) is 0 Å². The second-order valence-corrected chi connectivity index (χ2v) is 8.77. The maximum Gasteiger partial charge on any atom is 0.142 e. The van der Waals surface area contributed by atoms with Gasteiger partial charge in [0.1, 0.15) is 16.8 Å². The zero-order valence-corrected chi connectivity index (χ0v) is 17.9. The van der Waals surface area contributed by atoms with E-state index in [4.69, 9.17) is 4.74 Å². The van der Waals surface area contributed by atoms with Crippen LogP contribution in [0.2, 0.25) is 0 Å². The van der Waals surface area contributed by atoms with Crippen molar-refractivity contribution >= 4 is 54.4 Å². The van der Waals surface area contributed by atoms with E-state index in [0.717, 1.165) is 56.5 Å². The molecule has 1 heterocycles. The van der Waals surface area contributed by atoms with E-state index in [9.17, 15) is 5.26 Å². The molecule has 0 spiro atoms. The maximum absolute atomic E-state index is 9.56. The molecule has 25 heavy (non-hydrogen) atoms. The molecule has 1 aliphatic rings. The van der Waals surface area contributed by atoms with Crippen LogP contribution < -0.4 is 4.74 Å². The number of ether oxygens (including phenoxy) is 1. The summed E-state index contributed by atoms with van der Waals surface area (Å²) in [7, 11) is 0. The fourth-order valence-corrected chi connectivity index (χ4v) is 5.47. The molecule has 0 atom stereocenters. The third-order valence-electron chi connectivity index (χ3n) is 4.07. The van der Waals surface area contributed by atoms with Gasteiger partial charge < -0.3 is 4.74 Å². The van der Waals surface area contributed by atoms with Gasteiger partial charge in [-0.3, -0.25) is 0 Å². The highest BCUT2D eigenvalue weighted by Crippen LogP contribution is 2.40. The molecule has 1 aromatic heterocycles. The molecule has 0 bridgehead atoms. The van der Waals surface area contributed by atoms with Gasteiger partial charge >= 0.3 is 0 Å². The fourth-order valence-electron chi connectivity index (χ4n) is 2.92. The Balaban J connectivity index is 1.97. The highest BCUT2D eigenvalue weighted by atomic mass is 79.9. The van der Waals surface area contributed by atoms with E-state index in [1.165, 1.54) is 16.9 Å². The number of halogens is 2. The monoisotopic (exact) mass is 480 g/mol. The molecule has 1 aliphatic carbocycles. The Morgan fingerprint density at radius 3 is 2.88 bits per heavy atom. The third-order valence-corrected chi connectivity index (χ3v) is 6.32. The number of rotatable bonds is 5. The van der Waals surface area contributed by atoms with Gasteiger partial charge in [0, 0.05) is 21.1 Å². The second kappa shape index (κ2) is 8.48. The van der Waals surface area contributed by atoms with E-state index in [-0.39, 0.29) is 0 Å².